The SMILES string of the molecule is COc1ncnc(C2CC2)c1-c1ncnc(NCC23CCC(c4nc(C5CC5)ccc4N4CCN(C(C)=O)CC4)(CC2)CC3)n1. The molecule has 2 bridgehead atoms. The zero-order valence-corrected chi connectivity index (χ0v) is 26.5. The number of carbonyl (C=O) groups excluding carboxylic acids is 1. The normalized spacial score (nSPS) is 26.2. The van der Waals surface area contributed by atoms with Crippen molar-refractivity contribution in [3.05, 3.63) is 41.9 Å². The van der Waals surface area contributed by atoms with Crippen molar-refractivity contribution in [3.8, 4) is 17.3 Å². The lowest BCUT2D eigenvalue weighted by Crippen LogP contribution is -2.50. The lowest BCUT2D eigenvalue weighted by Gasteiger charge is -2.54. The van der Waals surface area contributed by atoms with Gasteiger partial charge in [0.1, 0.15) is 18.2 Å². The molecular formula is C34H43N9O2. The van der Waals surface area contributed by atoms with Crippen molar-refractivity contribution >= 4 is 17.5 Å². The molecule has 6 fully saturated rings. The number of methoxy groups -OCH3 is 1. The van der Waals surface area contributed by atoms with E-state index < -0.39 is 0 Å². The molecule has 0 atom stereocenters. The van der Waals surface area contributed by atoms with Crippen LogP contribution in [0.5, 0.6) is 5.88 Å². The largest absolute Gasteiger partial charge is 0.480 e. The van der Waals surface area contributed by atoms with Gasteiger partial charge in [-0.3, -0.25) is 9.78 Å². The zero-order chi connectivity index (χ0) is 30.6. The summed E-state index contributed by atoms with van der Waals surface area (Å²) in [6.45, 7) is 5.84. The molecule has 9 rings (SSSR count). The van der Waals surface area contributed by atoms with Gasteiger partial charge < -0.3 is 19.9 Å². The van der Waals surface area contributed by atoms with E-state index in [0.717, 1.165) is 95.3 Å². The summed E-state index contributed by atoms with van der Waals surface area (Å²) in [7, 11) is 1.63. The van der Waals surface area contributed by atoms with Crippen molar-refractivity contribution in [1.82, 2.24) is 34.8 Å². The molecule has 5 saturated carbocycles. The van der Waals surface area contributed by atoms with E-state index in [1.54, 1.807) is 26.7 Å². The van der Waals surface area contributed by atoms with Gasteiger partial charge in [0.25, 0.3) is 0 Å². The van der Waals surface area contributed by atoms with Crippen LogP contribution >= 0.6 is 0 Å². The van der Waals surface area contributed by atoms with Crippen molar-refractivity contribution in [2.24, 2.45) is 5.41 Å². The molecule has 11 nitrogen and oxygen atoms in total. The van der Waals surface area contributed by atoms with Crippen LogP contribution in [-0.2, 0) is 10.2 Å². The molecule has 0 spiro atoms. The first-order chi connectivity index (χ1) is 22.0. The number of fused-ring (bicyclic) bond motifs is 3. The number of rotatable bonds is 9. The van der Waals surface area contributed by atoms with Crippen molar-refractivity contribution in [2.75, 3.05) is 50.1 Å². The molecule has 6 aliphatic rings. The third-order valence-electron chi connectivity index (χ3n) is 11.3. The van der Waals surface area contributed by atoms with Crippen molar-refractivity contribution < 1.29 is 9.53 Å². The first-order valence-corrected chi connectivity index (χ1v) is 16.8. The van der Waals surface area contributed by atoms with E-state index in [1.807, 2.05) is 4.90 Å². The fourth-order valence-corrected chi connectivity index (χ4v) is 8.05. The molecule has 45 heavy (non-hydrogen) atoms. The Kier molecular flexibility index (Phi) is 7.09. The van der Waals surface area contributed by atoms with Crippen LogP contribution in [0.3, 0.4) is 0 Å². The second-order valence-electron chi connectivity index (χ2n) is 14.1. The molecule has 236 valence electrons. The van der Waals surface area contributed by atoms with Crippen LogP contribution in [0.15, 0.2) is 24.8 Å². The molecule has 0 aromatic carbocycles. The zero-order valence-electron chi connectivity index (χ0n) is 26.5. The molecule has 1 N–H and O–H groups in total. The first kappa shape index (κ1) is 28.6. The minimum atomic E-state index is 0.128. The smallest absolute Gasteiger partial charge is 0.227 e. The van der Waals surface area contributed by atoms with Gasteiger partial charge in [-0.15, -0.1) is 0 Å². The summed E-state index contributed by atoms with van der Waals surface area (Å²) >= 11 is 0. The molecule has 1 aliphatic heterocycles. The molecule has 1 amide bonds. The second kappa shape index (κ2) is 11.2. The third kappa shape index (κ3) is 5.37. The van der Waals surface area contributed by atoms with Gasteiger partial charge in [0.15, 0.2) is 5.82 Å². The predicted molar refractivity (Wildman–Crippen MR) is 170 cm³/mol. The summed E-state index contributed by atoms with van der Waals surface area (Å²) in [4.78, 5) is 44.6. The Hall–Kier alpha value is -3.89. The van der Waals surface area contributed by atoms with E-state index in [0.29, 0.717) is 29.5 Å². The number of pyridine rings is 1. The maximum atomic E-state index is 12.0. The second-order valence-corrected chi connectivity index (χ2v) is 14.1. The summed E-state index contributed by atoms with van der Waals surface area (Å²) in [5.74, 6) is 2.89. The van der Waals surface area contributed by atoms with Crippen LogP contribution in [0.1, 0.15) is 100 Å². The summed E-state index contributed by atoms with van der Waals surface area (Å²) in [6.07, 6.45) is 14.9. The topological polar surface area (TPSA) is 122 Å². The van der Waals surface area contributed by atoms with Gasteiger partial charge in [-0.25, -0.2) is 19.9 Å². The van der Waals surface area contributed by atoms with Gasteiger partial charge in [0.05, 0.1) is 24.2 Å². The number of carbonyl (C=O) groups is 1. The van der Waals surface area contributed by atoms with Crippen LogP contribution in [0.25, 0.3) is 11.4 Å². The Labute approximate surface area is 264 Å². The number of ether oxygens (including phenoxy) is 1. The highest BCUT2D eigenvalue weighted by Crippen LogP contribution is 2.59. The van der Waals surface area contributed by atoms with E-state index in [1.165, 1.54) is 29.9 Å². The highest BCUT2D eigenvalue weighted by atomic mass is 16.5. The quantitative estimate of drug-likeness (QED) is 0.360. The van der Waals surface area contributed by atoms with Crippen LogP contribution < -0.4 is 15.0 Å². The highest BCUT2D eigenvalue weighted by Gasteiger charge is 2.51. The summed E-state index contributed by atoms with van der Waals surface area (Å²) in [5.41, 5.74) is 6.02. The van der Waals surface area contributed by atoms with Crippen LogP contribution in [0, 0.1) is 5.41 Å². The standard InChI is InChI=1S/C34H43N9O2/c1-22(44)42-15-17-43(18-16-42)26-8-7-25(23-3-4-23)40-29(26)34-12-9-33(10-13-34,11-14-34)19-35-32-39-21-37-30(41-32)27-28(24-5-6-24)36-20-38-31(27)45-2/h7-8,20-21,23-24H,3-6,9-19H2,1-2H3,(H,35,37,39,41). The fourth-order valence-electron chi connectivity index (χ4n) is 8.05. The molecule has 3 aromatic rings. The maximum absolute atomic E-state index is 12.0. The molecule has 0 unspecified atom stereocenters. The average molecular weight is 610 g/mol. The van der Waals surface area contributed by atoms with E-state index in [4.69, 9.17) is 14.7 Å². The molecule has 0 radical (unpaired) electrons. The van der Waals surface area contributed by atoms with Gasteiger partial charge in [-0.05, 0) is 81.8 Å². The van der Waals surface area contributed by atoms with E-state index >= 15 is 0 Å². The molecule has 3 aromatic heterocycles. The molecule has 1 saturated heterocycles. The monoisotopic (exact) mass is 609 g/mol. The number of nitrogens with zero attached hydrogens (tertiary/aromatic N) is 8. The number of nitrogens with one attached hydrogen (secondary N) is 1. The Morgan fingerprint density at radius 1 is 0.889 bits per heavy atom. The summed E-state index contributed by atoms with van der Waals surface area (Å²) < 4.78 is 5.59. The number of anilines is 2. The van der Waals surface area contributed by atoms with Crippen molar-refractivity contribution in [3.63, 3.8) is 0 Å². The van der Waals surface area contributed by atoms with Crippen molar-refractivity contribution in [2.45, 2.75) is 88.4 Å². The lowest BCUT2D eigenvalue weighted by molar-refractivity contribution is -0.129. The fraction of sp³-hybridized carbons (Fsp3) is 0.618. The molecular weight excluding hydrogens is 566 g/mol. The Balaban J connectivity index is 0.989. The molecule has 5 aliphatic carbocycles. The number of hydrogen-bond acceptors (Lipinski definition) is 10. The number of hydrogen-bond donors (Lipinski definition) is 1. The molecule has 11 heteroatoms. The van der Waals surface area contributed by atoms with E-state index in [2.05, 4.69) is 42.3 Å². The van der Waals surface area contributed by atoms with Gasteiger partial charge in [0.2, 0.25) is 17.7 Å². The van der Waals surface area contributed by atoms with Gasteiger partial charge in [0, 0.05) is 62.6 Å². The Bertz CT molecular complexity index is 1570. The van der Waals surface area contributed by atoms with E-state index in [-0.39, 0.29) is 16.7 Å². The summed E-state index contributed by atoms with van der Waals surface area (Å²) in [5, 5.41) is 3.60. The van der Waals surface area contributed by atoms with Crippen LogP contribution in [0.4, 0.5) is 11.6 Å². The minimum absolute atomic E-state index is 0.128. The first-order valence-electron chi connectivity index (χ1n) is 16.8. The van der Waals surface area contributed by atoms with E-state index in [9.17, 15) is 4.79 Å². The Morgan fingerprint density at radius 2 is 1.60 bits per heavy atom. The molecule has 4 heterocycles. The highest BCUT2D eigenvalue weighted by molar-refractivity contribution is 5.73. The number of aromatic nitrogens is 6. The van der Waals surface area contributed by atoms with Gasteiger partial charge in [-0.2, -0.15) is 4.98 Å². The van der Waals surface area contributed by atoms with Gasteiger partial charge >= 0.3 is 0 Å². The summed E-state index contributed by atoms with van der Waals surface area (Å²) in [6, 6.07) is 4.63. The lowest BCUT2D eigenvalue weighted by atomic mass is 9.52. The van der Waals surface area contributed by atoms with Gasteiger partial charge in [-0.1, -0.05) is 0 Å². The predicted octanol–water partition coefficient (Wildman–Crippen LogP) is 4.86. The van der Waals surface area contributed by atoms with Crippen LogP contribution in [0.2, 0.25) is 0 Å². The Morgan fingerprint density at radius 3 is 2.27 bits per heavy atom. The third-order valence-corrected chi connectivity index (χ3v) is 11.3. The minimum Gasteiger partial charge on any atom is -0.480 e. The number of piperazine rings is 1. The van der Waals surface area contributed by atoms with Crippen LogP contribution in [-0.4, -0.2) is 80.5 Å². The average Bonchev–Trinajstić information content (AvgIpc) is 4.02. The maximum Gasteiger partial charge on any atom is 0.227 e. The number of amides is 1. The van der Waals surface area contributed by atoms with Crippen molar-refractivity contribution in [1.29, 1.82) is 0 Å².